The molecular formula is C19H20FN3O2. The molecule has 1 aliphatic rings. The molecule has 0 saturated carbocycles. The molecule has 5 nitrogen and oxygen atoms in total. The van der Waals surface area contributed by atoms with E-state index in [0.717, 1.165) is 12.0 Å². The maximum atomic E-state index is 13.8. The lowest BCUT2D eigenvalue weighted by molar-refractivity contribution is -0.121. The smallest absolute Gasteiger partial charge is 0.325 e. The zero-order chi connectivity index (χ0) is 17.6. The van der Waals surface area contributed by atoms with Crippen molar-refractivity contribution in [3.05, 3.63) is 66.0 Å². The number of urea groups is 1. The van der Waals surface area contributed by atoms with Crippen LogP contribution in [0.2, 0.25) is 0 Å². The number of hydrogen-bond acceptors (Lipinski definition) is 2. The Balaban J connectivity index is 1.49. The number of para-hydroxylation sites is 1. The van der Waals surface area contributed by atoms with Crippen molar-refractivity contribution in [2.75, 3.05) is 31.1 Å². The lowest BCUT2D eigenvalue weighted by atomic mass is 10.1. The predicted octanol–water partition coefficient (Wildman–Crippen LogP) is 2.43. The number of nitrogens with one attached hydrogen (secondary N) is 1. The van der Waals surface area contributed by atoms with Crippen molar-refractivity contribution >= 4 is 17.6 Å². The van der Waals surface area contributed by atoms with Gasteiger partial charge in [0.1, 0.15) is 12.4 Å². The summed E-state index contributed by atoms with van der Waals surface area (Å²) in [4.78, 5) is 27.2. The lowest BCUT2D eigenvalue weighted by Crippen LogP contribution is -2.40. The molecule has 0 bridgehead atoms. The van der Waals surface area contributed by atoms with E-state index < -0.39 is 5.82 Å². The highest BCUT2D eigenvalue weighted by atomic mass is 19.1. The molecule has 130 valence electrons. The van der Waals surface area contributed by atoms with Gasteiger partial charge < -0.3 is 10.2 Å². The Morgan fingerprint density at radius 2 is 1.76 bits per heavy atom. The second kappa shape index (κ2) is 7.79. The minimum Gasteiger partial charge on any atom is -0.354 e. The first-order chi connectivity index (χ1) is 12.1. The zero-order valence-corrected chi connectivity index (χ0v) is 13.8. The molecule has 2 aromatic rings. The van der Waals surface area contributed by atoms with Crippen LogP contribution < -0.4 is 10.2 Å². The van der Waals surface area contributed by atoms with Gasteiger partial charge in [-0.1, -0.05) is 42.5 Å². The topological polar surface area (TPSA) is 52.7 Å². The van der Waals surface area contributed by atoms with E-state index in [2.05, 4.69) is 5.32 Å². The van der Waals surface area contributed by atoms with Crippen LogP contribution in [0.4, 0.5) is 14.9 Å². The van der Waals surface area contributed by atoms with E-state index in [1.807, 2.05) is 30.3 Å². The number of benzene rings is 2. The summed E-state index contributed by atoms with van der Waals surface area (Å²) in [6, 6.07) is 15.7. The Hall–Kier alpha value is -2.89. The molecule has 25 heavy (non-hydrogen) atoms. The van der Waals surface area contributed by atoms with Crippen LogP contribution in [0.3, 0.4) is 0 Å². The third-order valence-electron chi connectivity index (χ3n) is 4.15. The van der Waals surface area contributed by atoms with Crippen LogP contribution in [0.5, 0.6) is 0 Å². The van der Waals surface area contributed by atoms with Gasteiger partial charge in [0.25, 0.3) is 0 Å². The third-order valence-corrected chi connectivity index (χ3v) is 4.15. The fourth-order valence-electron chi connectivity index (χ4n) is 2.84. The van der Waals surface area contributed by atoms with Crippen LogP contribution in [0.25, 0.3) is 0 Å². The highest BCUT2D eigenvalue weighted by Gasteiger charge is 2.31. The molecule has 2 aromatic carbocycles. The molecule has 1 N–H and O–H groups in total. The molecule has 1 heterocycles. The van der Waals surface area contributed by atoms with Gasteiger partial charge in [0, 0.05) is 19.6 Å². The highest BCUT2D eigenvalue weighted by Crippen LogP contribution is 2.23. The number of rotatable bonds is 6. The summed E-state index contributed by atoms with van der Waals surface area (Å²) in [5.74, 6) is -0.648. The van der Waals surface area contributed by atoms with Crippen molar-refractivity contribution in [3.63, 3.8) is 0 Å². The Morgan fingerprint density at radius 3 is 2.52 bits per heavy atom. The van der Waals surface area contributed by atoms with Crippen LogP contribution in [0.15, 0.2) is 54.6 Å². The maximum absolute atomic E-state index is 13.8. The monoisotopic (exact) mass is 341 g/mol. The van der Waals surface area contributed by atoms with Crippen LogP contribution >= 0.6 is 0 Å². The van der Waals surface area contributed by atoms with E-state index >= 15 is 0 Å². The SMILES string of the molecule is O=C(CN1CCN(c2ccccc2F)C1=O)NCCc1ccccc1. The summed E-state index contributed by atoms with van der Waals surface area (Å²) in [7, 11) is 0. The molecule has 6 heteroatoms. The molecule has 1 saturated heterocycles. The average Bonchev–Trinajstić information content (AvgIpc) is 2.97. The Kier molecular flexibility index (Phi) is 5.28. The minimum absolute atomic E-state index is 0.0153. The number of amides is 3. The molecule has 1 fully saturated rings. The number of carbonyl (C=O) groups excluding carboxylic acids is 2. The molecule has 3 rings (SSSR count). The zero-order valence-electron chi connectivity index (χ0n) is 13.8. The van der Waals surface area contributed by atoms with Gasteiger partial charge in [-0.15, -0.1) is 0 Å². The normalized spacial score (nSPS) is 14.0. The van der Waals surface area contributed by atoms with Crippen molar-refractivity contribution in [1.82, 2.24) is 10.2 Å². The molecule has 0 spiro atoms. The summed E-state index contributed by atoms with van der Waals surface area (Å²) in [5, 5.41) is 2.82. The van der Waals surface area contributed by atoms with E-state index in [4.69, 9.17) is 0 Å². The first-order valence-electron chi connectivity index (χ1n) is 8.27. The molecule has 0 atom stereocenters. The van der Waals surface area contributed by atoms with Gasteiger partial charge in [0.05, 0.1) is 5.69 Å². The minimum atomic E-state index is -0.440. The number of anilines is 1. The Bertz CT molecular complexity index is 751. The molecule has 1 aliphatic heterocycles. The van der Waals surface area contributed by atoms with Crippen molar-refractivity contribution in [2.45, 2.75) is 6.42 Å². The third kappa shape index (κ3) is 4.15. The second-order valence-electron chi connectivity index (χ2n) is 5.89. The van der Waals surface area contributed by atoms with E-state index in [0.29, 0.717) is 19.6 Å². The second-order valence-corrected chi connectivity index (χ2v) is 5.89. The van der Waals surface area contributed by atoms with Gasteiger partial charge in [0.2, 0.25) is 5.91 Å². The first kappa shape index (κ1) is 17.0. The molecule has 0 aliphatic carbocycles. The van der Waals surface area contributed by atoms with E-state index in [1.54, 1.807) is 18.2 Å². The Morgan fingerprint density at radius 1 is 1.04 bits per heavy atom. The summed E-state index contributed by atoms with van der Waals surface area (Å²) in [5.41, 5.74) is 1.39. The van der Waals surface area contributed by atoms with Gasteiger partial charge in [-0.3, -0.25) is 9.69 Å². The van der Waals surface area contributed by atoms with Gasteiger partial charge in [-0.05, 0) is 24.1 Å². The standard InChI is InChI=1S/C19H20FN3O2/c20-16-8-4-5-9-17(16)23-13-12-22(19(23)25)14-18(24)21-11-10-15-6-2-1-3-7-15/h1-9H,10-14H2,(H,21,24). The van der Waals surface area contributed by atoms with Crippen LogP contribution in [0.1, 0.15) is 5.56 Å². The van der Waals surface area contributed by atoms with Crippen molar-refractivity contribution < 1.29 is 14.0 Å². The lowest BCUT2D eigenvalue weighted by Gasteiger charge is -2.18. The van der Waals surface area contributed by atoms with E-state index in [9.17, 15) is 14.0 Å². The number of nitrogens with zero attached hydrogens (tertiary/aromatic N) is 2. The molecule has 0 aromatic heterocycles. The van der Waals surface area contributed by atoms with E-state index in [1.165, 1.54) is 15.9 Å². The molecular weight excluding hydrogens is 321 g/mol. The first-order valence-corrected chi connectivity index (χ1v) is 8.27. The van der Waals surface area contributed by atoms with Crippen LogP contribution in [-0.2, 0) is 11.2 Å². The Labute approximate surface area is 146 Å². The quantitative estimate of drug-likeness (QED) is 0.877. The highest BCUT2D eigenvalue weighted by molar-refractivity contribution is 5.96. The molecule has 0 unspecified atom stereocenters. The van der Waals surface area contributed by atoms with Gasteiger partial charge in [0.15, 0.2) is 0 Å². The fraction of sp³-hybridized carbons (Fsp3) is 0.263. The van der Waals surface area contributed by atoms with E-state index in [-0.39, 0.29) is 24.2 Å². The summed E-state index contributed by atoms with van der Waals surface area (Å²) in [6.07, 6.45) is 0.738. The predicted molar refractivity (Wildman–Crippen MR) is 93.9 cm³/mol. The maximum Gasteiger partial charge on any atom is 0.325 e. The summed E-state index contributed by atoms with van der Waals surface area (Å²) >= 11 is 0. The van der Waals surface area contributed by atoms with Crippen molar-refractivity contribution in [2.24, 2.45) is 0 Å². The van der Waals surface area contributed by atoms with Gasteiger partial charge in [-0.2, -0.15) is 0 Å². The van der Waals surface area contributed by atoms with Gasteiger partial charge in [-0.25, -0.2) is 9.18 Å². The van der Waals surface area contributed by atoms with Gasteiger partial charge >= 0.3 is 6.03 Å². The summed E-state index contributed by atoms with van der Waals surface area (Å²) in [6.45, 7) is 1.27. The largest absolute Gasteiger partial charge is 0.354 e. The summed E-state index contributed by atoms with van der Waals surface area (Å²) < 4.78 is 13.8. The molecule has 0 radical (unpaired) electrons. The number of halogens is 1. The molecule has 3 amide bonds. The average molecular weight is 341 g/mol. The van der Waals surface area contributed by atoms with Crippen molar-refractivity contribution in [1.29, 1.82) is 0 Å². The number of hydrogen-bond donors (Lipinski definition) is 1. The van der Waals surface area contributed by atoms with Crippen LogP contribution in [0, 0.1) is 5.82 Å². The van der Waals surface area contributed by atoms with Crippen molar-refractivity contribution in [3.8, 4) is 0 Å². The van der Waals surface area contributed by atoms with Crippen LogP contribution in [-0.4, -0.2) is 43.0 Å². The number of carbonyl (C=O) groups is 2. The fourth-order valence-corrected chi connectivity index (χ4v) is 2.84.